The molecule has 0 N–H and O–H groups in total. The second-order valence-corrected chi connectivity index (χ2v) is 12.2. The van der Waals surface area contributed by atoms with Crippen molar-refractivity contribution in [3.05, 3.63) is 53.3 Å². The summed E-state index contributed by atoms with van der Waals surface area (Å²) < 4.78 is 25.9. The van der Waals surface area contributed by atoms with Gasteiger partial charge in [-0.2, -0.15) is 0 Å². The van der Waals surface area contributed by atoms with Crippen LogP contribution in [0.2, 0.25) is 0 Å². The first-order chi connectivity index (χ1) is 17.8. The minimum atomic E-state index is -0.294. The molecule has 1 aromatic carbocycles. The second-order valence-electron chi connectivity index (χ2n) is 11.7. The maximum atomic E-state index is 13.6. The van der Waals surface area contributed by atoms with Crippen molar-refractivity contribution in [3.63, 3.8) is 0 Å². The summed E-state index contributed by atoms with van der Waals surface area (Å²) in [7, 11) is 0. The molecule has 1 aromatic heterocycles. The van der Waals surface area contributed by atoms with Crippen molar-refractivity contribution < 1.29 is 13.7 Å². The van der Waals surface area contributed by atoms with Crippen molar-refractivity contribution in [2.45, 2.75) is 90.6 Å². The Morgan fingerprint density at radius 3 is 2.76 bits per heavy atom. The number of benzene rings is 1. The van der Waals surface area contributed by atoms with Gasteiger partial charge in [0.2, 0.25) is 0 Å². The number of nitrogens with zero attached hydrogens (tertiary/aromatic N) is 2. The molecule has 3 unspecified atom stereocenters. The molecule has 6 heteroatoms. The van der Waals surface area contributed by atoms with Crippen LogP contribution in [-0.2, 0) is 4.74 Å². The Morgan fingerprint density at radius 1 is 1.27 bits per heavy atom. The topological polar surface area (TPSA) is 38.5 Å². The first-order valence-electron chi connectivity index (χ1n) is 14.2. The maximum absolute atomic E-state index is 13.6. The number of halogens is 1. The summed E-state index contributed by atoms with van der Waals surface area (Å²) in [6.07, 6.45) is 14.4. The highest BCUT2D eigenvalue weighted by atomic mass is 32.1. The van der Waals surface area contributed by atoms with Crippen molar-refractivity contribution in [3.8, 4) is 0 Å². The van der Waals surface area contributed by atoms with Crippen LogP contribution in [0.4, 0.5) is 4.39 Å². The lowest BCUT2D eigenvalue weighted by molar-refractivity contribution is -0.0706. The highest BCUT2D eigenvalue weighted by Gasteiger charge is 2.42. The molecule has 1 radical (unpaired) electrons. The largest absolute Gasteiger partial charge is 0.485 e. The van der Waals surface area contributed by atoms with Crippen LogP contribution in [0.15, 0.2) is 40.3 Å². The van der Waals surface area contributed by atoms with Gasteiger partial charge in [-0.1, -0.05) is 57.9 Å². The van der Waals surface area contributed by atoms with Gasteiger partial charge in [-0.15, -0.1) is 0 Å². The van der Waals surface area contributed by atoms with E-state index >= 15 is 0 Å². The van der Waals surface area contributed by atoms with Gasteiger partial charge in [-0.25, -0.2) is 4.39 Å². The molecule has 1 saturated carbocycles. The third-order valence-electron chi connectivity index (χ3n) is 8.88. The first kappa shape index (κ1) is 26.4. The van der Waals surface area contributed by atoms with Crippen LogP contribution in [0.5, 0.6) is 0 Å². The van der Waals surface area contributed by atoms with Gasteiger partial charge in [0.05, 0.1) is 10.6 Å². The SMILES string of the molecule is CCCC1C(=S)C(OC2(C(C)C)CCCC(C)C2)=[C]C=C1N1CCC(c2noc3cc(F)ccc23)CC1. The number of allylic oxidation sites excluding steroid dienone is 4. The van der Waals surface area contributed by atoms with Crippen LogP contribution in [-0.4, -0.2) is 33.6 Å². The van der Waals surface area contributed by atoms with Crippen molar-refractivity contribution in [2.24, 2.45) is 17.8 Å². The molecule has 3 atom stereocenters. The summed E-state index contributed by atoms with van der Waals surface area (Å²) in [6, 6.07) is 4.70. The van der Waals surface area contributed by atoms with Crippen LogP contribution < -0.4 is 0 Å². The van der Waals surface area contributed by atoms with Crippen LogP contribution >= 0.6 is 12.2 Å². The zero-order valence-corrected chi connectivity index (χ0v) is 23.5. The Morgan fingerprint density at radius 2 is 2.05 bits per heavy atom. The van der Waals surface area contributed by atoms with Crippen molar-refractivity contribution >= 4 is 28.1 Å². The Kier molecular flexibility index (Phi) is 7.76. The number of thiocarbonyl (C=S) groups is 1. The van der Waals surface area contributed by atoms with Gasteiger partial charge in [0, 0.05) is 48.2 Å². The Bertz CT molecular complexity index is 1190. The van der Waals surface area contributed by atoms with Gasteiger partial charge in [-0.3, -0.25) is 0 Å². The third kappa shape index (κ3) is 5.23. The average molecular weight is 524 g/mol. The Balaban J connectivity index is 1.33. The molecular formula is C31H40FN2O2S. The van der Waals surface area contributed by atoms with E-state index in [4.69, 9.17) is 21.5 Å². The highest BCUT2D eigenvalue weighted by Crippen LogP contribution is 2.44. The third-order valence-corrected chi connectivity index (χ3v) is 9.35. The molecule has 1 aliphatic heterocycles. The number of rotatable bonds is 7. The normalized spacial score (nSPS) is 27.5. The van der Waals surface area contributed by atoms with E-state index in [1.165, 1.54) is 30.7 Å². The van der Waals surface area contributed by atoms with E-state index < -0.39 is 0 Å². The summed E-state index contributed by atoms with van der Waals surface area (Å²) >= 11 is 6.10. The number of piperidine rings is 1. The van der Waals surface area contributed by atoms with Gasteiger partial charge in [0.1, 0.15) is 17.2 Å². The number of aromatic nitrogens is 1. The number of fused-ring (bicyclic) bond motifs is 1. The molecule has 0 spiro atoms. The van der Waals surface area contributed by atoms with Crippen molar-refractivity contribution in [1.82, 2.24) is 10.1 Å². The lowest BCUT2D eigenvalue weighted by Crippen LogP contribution is -2.44. The standard InChI is InChI=1S/C31H40FN2O2S/c1-5-7-24-26(11-12-27(30(24)37)35-31(20(2)3)15-6-8-21(4)19-31)34-16-13-22(14-17-34)29-25-10-9-23(32)18-28(25)36-33-29/h9-11,18,20-22,24H,5-8,13-17,19H2,1-4H3. The molecule has 2 aromatic rings. The summed E-state index contributed by atoms with van der Waals surface area (Å²) in [5, 5.41) is 5.24. The predicted molar refractivity (Wildman–Crippen MR) is 150 cm³/mol. The van der Waals surface area contributed by atoms with E-state index in [1.807, 2.05) is 0 Å². The molecule has 0 bridgehead atoms. The van der Waals surface area contributed by atoms with Crippen LogP contribution in [0.25, 0.3) is 11.0 Å². The zero-order valence-electron chi connectivity index (χ0n) is 22.7. The fourth-order valence-corrected chi connectivity index (χ4v) is 7.02. The predicted octanol–water partition coefficient (Wildman–Crippen LogP) is 8.14. The molecule has 4 nitrogen and oxygen atoms in total. The van der Waals surface area contributed by atoms with Gasteiger partial charge in [0.15, 0.2) is 5.58 Å². The molecular weight excluding hydrogens is 483 g/mol. The van der Waals surface area contributed by atoms with E-state index in [2.05, 4.69) is 49.9 Å². The van der Waals surface area contributed by atoms with Crippen molar-refractivity contribution in [1.29, 1.82) is 0 Å². The quantitative estimate of drug-likeness (QED) is 0.343. The highest BCUT2D eigenvalue weighted by molar-refractivity contribution is 7.80. The molecule has 2 heterocycles. The Labute approximate surface area is 226 Å². The smallest absolute Gasteiger partial charge is 0.170 e. The maximum Gasteiger partial charge on any atom is 0.170 e. The van der Waals surface area contributed by atoms with Crippen LogP contribution in [0, 0.1) is 29.6 Å². The van der Waals surface area contributed by atoms with Gasteiger partial charge in [0.25, 0.3) is 0 Å². The minimum Gasteiger partial charge on any atom is -0.485 e. The van der Waals surface area contributed by atoms with Crippen LogP contribution in [0.3, 0.4) is 0 Å². The summed E-state index contributed by atoms with van der Waals surface area (Å²) in [5.74, 6) is 2.11. The number of hydrogen-bond donors (Lipinski definition) is 0. The fraction of sp³-hybridized carbons (Fsp3) is 0.613. The molecule has 2 fully saturated rings. The molecule has 2 aliphatic carbocycles. The van der Waals surface area contributed by atoms with Gasteiger partial charge < -0.3 is 14.2 Å². The second kappa shape index (κ2) is 10.9. The first-order valence-corrected chi connectivity index (χ1v) is 14.6. The zero-order chi connectivity index (χ0) is 26.2. The number of hydrogen-bond acceptors (Lipinski definition) is 5. The van der Waals surface area contributed by atoms with E-state index in [0.717, 1.165) is 73.3 Å². The lowest BCUT2D eigenvalue weighted by atomic mass is 9.72. The number of likely N-dealkylation sites (tertiary alicyclic amines) is 1. The van der Waals surface area contributed by atoms with E-state index in [-0.39, 0.29) is 17.3 Å². The molecule has 0 amide bonds. The lowest BCUT2D eigenvalue weighted by Gasteiger charge is -2.45. The fourth-order valence-electron chi connectivity index (χ4n) is 6.68. The average Bonchev–Trinajstić information content (AvgIpc) is 3.30. The minimum absolute atomic E-state index is 0.145. The van der Waals surface area contributed by atoms with E-state index in [0.29, 0.717) is 23.3 Å². The summed E-state index contributed by atoms with van der Waals surface area (Å²) in [5.41, 5.74) is 2.61. The molecule has 199 valence electrons. The Hall–Kier alpha value is -2.21. The van der Waals surface area contributed by atoms with E-state index in [9.17, 15) is 4.39 Å². The molecule has 5 rings (SSSR count). The summed E-state index contributed by atoms with van der Waals surface area (Å²) in [6.45, 7) is 11.0. The van der Waals surface area contributed by atoms with Gasteiger partial charge in [-0.05, 0) is 68.6 Å². The monoisotopic (exact) mass is 523 g/mol. The van der Waals surface area contributed by atoms with Gasteiger partial charge >= 0.3 is 0 Å². The van der Waals surface area contributed by atoms with Crippen LogP contribution in [0.1, 0.15) is 90.7 Å². The summed E-state index contributed by atoms with van der Waals surface area (Å²) in [4.78, 5) is 3.40. The van der Waals surface area contributed by atoms with Crippen molar-refractivity contribution in [2.75, 3.05) is 13.1 Å². The molecule has 3 aliphatic rings. The van der Waals surface area contributed by atoms with E-state index in [1.54, 1.807) is 6.07 Å². The molecule has 37 heavy (non-hydrogen) atoms. The number of ether oxygens (including phenoxy) is 1. The molecule has 1 saturated heterocycles.